The second kappa shape index (κ2) is 7.51. The van der Waals surface area contributed by atoms with E-state index in [1.165, 1.54) is 0 Å². The van der Waals surface area contributed by atoms with Gasteiger partial charge in [-0.25, -0.2) is 0 Å². The number of benzene rings is 2. The van der Waals surface area contributed by atoms with Crippen molar-refractivity contribution in [1.82, 2.24) is 5.32 Å². The standard InChI is InChI=1S/C17H18Cl3N/c1-3-21-16(12-7-4-6-11(2)17(12)20)10-13-14(18)8-5-9-15(13)19/h4-9,16,21H,3,10H2,1-2H3. The minimum atomic E-state index is 0.0831. The number of halogens is 3. The maximum Gasteiger partial charge on any atom is 0.0483 e. The third kappa shape index (κ3) is 3.92. The first kappa shape index (κ1) is 16.6. The highest BCUT2D eigenvalue weighted by Gasteiger charge is 2.18. The lowest BCUT2D eigenvalue weighted by atomic mass is 9.97. The Labute approximate surface area is 141 Å². The minimum absolute atomic E-state index is 0.0831. The summed E-state index contributed by atoms with van der Waals surface area (Å²) in [4.78, 5) is 0. The summed E-state index contributed by atoms with van der Waals surface area (Å²) in [5.41, 5.74) is 3.10. The van der Waals surface area contributed by atoms with E-state index in [9.17, 15) is 0 Å². The number of likely N-dealkylation sites (N-methyl/N-ethyl adjacent to an activating group) is 1. The Balaban J connectivity index is 2.38. The van der Waals surface area contributed by atoms with Crippen molar-refractivity contribution in [2.75, 3.05) is 6.54 Å². The van der Waals surface area contributed by atoms with Gasteiger partial charge in [0.25, 0.3) is 0 Å². The van der Waals surface area contributed by atoms with Gasteiger partial charge in [0.05, 0.1) is 0 Å². The van der Waals surface area contributed by atoms with Gasteiger partial charge in [-0.2, -0.15) is 0 Å². The van der Waals surface area contributed by atoms with E-state index in [1.807, 2.05) is 43.3 Å². The van der Waals surface area contributed by atoms with Crippen molar-refractivity contribution in [2.24, 2.45) is 0 Å². The molecule has 2 aromatic carbocycles. The lowest BCUT2D eigenvalue weighted by Crippen LogP contribution is -2.23. The SMILES string of the molecule is CCNC(Cc1c(Cl)cccc1Cl)c1cccc(C)c1Cl. The second-order valence-electron chi connectivity index (χ2n) is 4.99. The average molecular weight is 343 g/mol. The van der Waals surface area contributed by atoms with Crippen molar-refractivity contribution >= 4 is 34.8 Å². The van der Waals surface area contributed by atoms with Crippen LogP contribution in [-0.2, 0) is 6.42 Å². The molecule has 112 valence electrons. The van der Waals surface area contributed by atoms with E-state index in [4.69, 9.17) is 34.8 Å². The Morgan fingerprint density at radius 3 is 2.24 bits per heavy atom. The van der Waals surface area contributed by atoms with E-state index in [0.717, 1.165) is 28.3 Å². The van der Waals surface area contributed by atoms with Crippen LogP contribution in [0.15, 0.2) is 36.4 Å². The maximum atomic E-state index is 6.46. The van der Waals surface area contributed by atoms with Gasteiger partial charge in [0.1, 0.15) is 0 Å². The molecule has 2 rings (SSSR count). The molecule has 0 bridgehead atoms. The van der Waals surface area contributed by atoms with Crippen molar-refractivity contribution in [3.05, 3.63) is 68.2 Å². The van der Waals surface area contributed by atoms with Gasteiger partial charge in [0.15, 0.2) is 0 Å². The molecular formula is C17H18Cl3N. The smallest absolute Gasteiger partial charge is 0.0483 e. The van der Waals surface area contributed by atoms with E-state index >= 15 is 0 Å². The third-order valence-corrected chi connectivity index (χ3v) is 4.74. The summed E-state index contributed by atoms with van der Waals surface area (Å²) < 4.78 is 0. The van der Waals surface area contributed by atoms with Crippen LogP contribution in [0.5, 0.6) is 0 Å². The van der Waals surface area contributed by atoms with Crippen molar-refractivity contribution in [3.8, 4) is 0 Å². The molecule has 0 fully saturated rings. The number of hydrogen-bond donors (Lipinski definition) is 1. The first-order valence-electron chi connectivity index (χ1n) is 6.95. The molecule has 21 heavy (non-hydrogen) atoms. The molecule has 1 N–H and O–H groups in total. The monoisotopic (exact) mass is 341 g/mol. The van der Waals surface area contributed by atoms with Crippen LogP contribution in [-0.4, -0.2) is 6.54 Å². The van der Waals surface area contributed by atoms with Crippen LogP contribution in [0, 0.1) is 6.92 Å². The first-order valence-corrected chi connectivity index (χ1v) is 8.09. The lowest BCUT2D eigenvalue weighted by molar-refractivity contribution is 0.550. The van der Waals surface area contributed by atoms with Gasteiger partial charge in [0.2, 0.25) is 0 Å². The molecule has 4 heteroatoms. The van der Waals surface area contributed by atoms with Crippen molar-refractivity contribution in [3.63, 3.8) is 0 Å². The number of aryl methyl sites for hydroxylation is 1. The van der Waals surface area contributed by atoms with E-state index in [-0.39, 0.29) is 6.04 Å². The predicted molar refractivity (Wildman–Crippen MR) is 92.8 cm³/mol. The normalized spacial score (nSPS) is 12.4. The van der Waals surface area contributed by atoms with E-state index < -0.39 is 0 Å². The molecule has 0 amide bonds. The molecule has 1 nitrogen and oxygen atoms in total. The predicted octanol–water partition coefficient (Wildman–Crippen LogP) is 5.85. The van der Waals surface area contributed by atoms with Gasteiger partial charge in [-0.15, -0.1) is 0 Å². The van der Waals surface area contributed by atoms with E-state index in [0.29, 0.717) is 16.5 Å². The van der Waals surface area contributed by atoms with E-state index in [1.54, 1.807) is 0 Å². The van der Waals surface area contributed by atoms with Crippen molar-refractivity contribution < 1.29 is 0 Å². The molecule has 0 saturated carbocycles. The molecule has 1 atom stereocenters. The quantitative estimate of drug-likeness (QED) is 0.719. The molecule has 0 heterocycles. The Morgan fingerprint density at radius 1 is 1.00 bits per heavy atom. The van der Waals surface area contributed by atoms with Crippen LogP contribution in [0.1, 0.15) is 29.7 Å². The summed E-state index contributed by atoms with van der Waals surface area (Å²) >= 11 is 19.0. The van der Waals surface area contributed by atoms with Gasteiger partial charge in [-0.05, 0) is 48.7 Å². The molecule has 0 spiro atoms. The van der Waals surface area contributed by atoms with Gasteiger partial charge in [0, 0.05) is 21.1 Å². The molecule has 1 unspecified atom stereocenters. The fourth-order valence-corrected chi connectivity index (χ4v) is 3.22. The summed E-state index contributed by atoms with van der Waals surface area (Å²) in [7, 11) is 0. The highest BCUT2D eigenvalue weighted by molar-refractivity contribution is 6.36. The first-order chi connectivity index (χ1) is 10.0. The second-order valence-corrected chi connectivity index (χ2v) is 6.19. The van der Waals surface area contributed by atoms with Crippen LogP contribution < -0.4 is 5.32 Å². The zero-order valence-corrected chi connectivity index (χ0v) is 14.4. The fourth-order valence-electron chi connectivity index (χ4n) is 2.41. The van der Waals surface area contributed by atoms with Gasteiger partial charge in [-0.3, -0.25) is 0 Å². The van der Waals surface area contributed by atoms with Crippen LogP contribution in [0.4, 0.5) is 0 Å². The fraction of sp³-hybridized carbons (Fsp3) is 0.294. The topological polar surface area (TPSA) is 12.0 Å². The van der Waals surface area contributed by atoms with Gasteiger partial charge >= 0.3 is 0 Å². The Bertz CT molecular complexity index is 605. The summed E-state index contributed by atoms with van der Waals surface area (Å²) in [6, 6.07) is 11.8. The van der Waals surface area contributed by atoms with Crippen molar-refractivity contribution in [2.45, 2.75) is 26.3 Å². The Morgan fingerprint density at radius 2 is 1.62 bits per heavy atom. The number of hydrogen-bond acceptors (Lipinski definition) is 1. The number of rotatable bonds is 5. The van der Waals surface area contributed by atoms with Crippen LogP contribution in [0.3, 0.4) is 0 Å². The minimum Gasteiger partial charge on any atom is -0.310 e. The number of nitrogens with one attached hydrogen (secondary N) is 1. The molecule has 0 radical (unpaired) electrons. The third-order valence-electron chi connectivity index (χ3n) is 3.52. The zero-order chi connectivity index (χ0) is 15.4. The largest absolute Gasteiger partial charge is 0.310 e. The summed E-state index contributed by atoms with van der Waals surface area (Å²) in [6.45, 7) is 4.93. The average Bonchev–Trinajstić information content (AvgIpc) is 2.45. The maximum absolute atomic E-state index is 6.46. The van der Waals surface area contributed by atoms with Crippen LogP contribution in [0.2, 0.25) is 15.1 Å². The van der Waals surface area contributed by atoms with Gasteiger partial charge in [-0.1, -0.05) is 66.0 Å². The van der Waals surface area contributed by atoms with E-state index in [2.05, 4.69) is 12.2 Å². The molecule has 0 aliphatic rings. The van der Waals surface area contributed by atoms with Crippen LogP contribution in [0.25, 0.3) is 0 Å². The Hall–Kier alpha value is -0.730. The molecule has 0 aromatic heterocycles. The lowest BCUT2D eigenvalue weighted by Gasteiger charge is -2.21. The van der Waals surface area contributed by atoms with Gasteiger partial charge < -0.3 is 5.32 Å². The van der Waals surface area contributed by atoms with Crippen LogP contribution >= 0.6 is 34.8 Å². The summed E-state index contributed by atoms with van der Waals surface area (Å²) in [5, 5.41) is 5.64. The molecule has 2 aromatic rings. The summed E-state index contributed by atoms with van der Waals surface area (Å²) in [6.07, 6.45) is 0.704. The molecule has 0 saturated heterocycles. The molecular weight excluding hydrogens is 325 g/mol. The molecule has 0 aliphatic carbocycles. The van der Waals surface area contributed by atoms with Crippen molar-refractivity contribution in [1.29, 1.82) is 0 Å². The summed E-state index contributed by atoms with van der Waals surface area (Å²) in [5.74, 6) is 0. The highest BCUT2D eigenvalue weighted by atomic mass is 35.5. The molecule has 0 aliphatic heterocycles. The Kier molecular flexibility index (Phi) is 5.95. The highest BCUT2D eigenvalue weighted by Crippen LogP contribution is 2.32. The zero-order valence-electron chi connectivity index (χ0n) is 12.1.